The van der Waals surface area contributed by atoms with Gasteiger partial charge >= 0.3 is 0 Å². The Balaban J connectivity index is 2.14. The zero-order valence-electron chi connectivity index (χ0n) is 10.9. The molecular weight excluding hydrogens is 240 g/mol. The first kappa shape index (κ1) is 13.0. The van der Waals surface area contributed by atoms with E-state index in [1.807, 2.05) is 31.1 Å². The molecular formula is C15H16N2O2. The van der Waals surface area contributed by atoms with E-state index in [0.29, 0.717) is 11.3 Å². The maximum absolute atomic E-state index is 12.0. The van der Waals surface area contributed by atoms with E-state index in [4.69, 9.17) is 0 Å². The number of amides is 1. The summed E-state index contributed by atoms with van der Waals surface area (Å²) in [6.45, 7) is 0. The van der Waals surface area contributed by atoms with Gasteiger partial charge < -0.3 is 15.3 Å². The minimum absolute atomic E-state index is 0.0563. The normalized spacial score (nSPS) is 10.0. The van der Waals surface area contributed by atoms with E-state index in [0.717, 1.165) is 5.69 Å². The second kappa shape index (κ2) is 5.44. The predicted octanol–water partition coefficient (Wildman–Crippen LogP) is 2.71. The van der Waals surface area contributed by atoms with Crippen molar-refractivity contribution in [2.75, 3.05) is 24.3 Å². The van der Waals surface area contributed by atoms with Gasteiger partial charge in [0.25, 0.3) is 5.91 Å². The Bertz CT molecular complexity index is 577. The zero-order valence-corrected chi connectivity index (χ0v) is 10.9. The van der Waals surface area contributed by atoms with Crippen LogP contribution in [0.4, 0.5) is 11.4 Å². The smallest absolute Gasteiger partial charge is 0.255 e. The van der Waals surface area contributed by atoms with E-state index < -0.39 is 0 Å². The molecule has 1 amide bonds. The summed E-state index contributed by atoms with van der Waals surface area (Å²) >= 11 is 0. The highest BCUT2D eigenvalue weighted by Gasteiger charge is 2.08. The van der Waals surface area contributed by atoms with Crippen LogP contribution in [0.1, 0.15) is 10.4 Å². The summed E-state index contributed by atoms with van der Waals surface area (Å²) in [7, 11) is 3.88. The van der Waals surface area contributed by atoms with Gasteiger partial charge in [-0.15, -0.1) is 0 Å². The maximum atomic E-state index is 12.0. The molecule has 4 nitrogen and oxygen atoms in total. The Morgan fingerprint density at radius 3 is 2.26 bits per heavy atom. The van der Waals surface area contributed by atoms with Crippen molar-refractivity contribution in [1.82, 2.24) is 0 Å². The van der Waals surface area contributed by atoms with Gasteiger partial charge in [-0.3, -0.25) is 4.79 Å². The Labute approximate surface area is 112 Å². The quantitative estimate of drug-likeness (QED) is 0.830. The van der Waals surface area contributed by atoms with Gasteiger partial charge in [-0.25, -0.2) is 0 Å². The Kier molecular flexibility index (Phi) is 3.71. The van der Waals surface area contributed by atoms with Gasteiger partial charge in [-0.05, 0) is 36.4 Å². The Morgan fingerprint density at radius 1 is 1.05 bits per heavy atom. The predicted molar refractivity (Wildman–Crippen MR) is 76.8 cm³/mol. The molecule has 98 valence electrons. The van der Waals surface area contributed by atoms with Crippen molar-refractivity contribution < 1.29 is 9.90 Å². The minimum Gasteiger partial charge on any atom is -0.506 e. The van der Waals surface area contributed by atoms with Crippen molar-refractivity contribution in [2.24, 2.45) is 0 Å². The molecule has 0 fully saturated rings. The first-order chi connectivity index (χ1) is 9.08. The van der Waals surface area contributed by atoms with Crippen molar-refractivity contribution in [1.29, 1.82) is 0 Å². The van der Waals surface area contributed by atoms with Crippen LogP contribution in [0.5, 0.6) is 5.75 Å². The standard InChI is InChI=1S/C15H16N2O2/c1-17(2)12-9-7-11(8-10-12)15(19)16-13-5-3-4-6-14(13)18/h3-10,18H,1-2H3,(H,16,19). The van der Waals surface area contributed by atoms with Crippen molar-refractivity contribution in [2.45, 2.75) is 0 Å². The number of phenolic OH excluding ortho intramolecular Hbond substituents is 1. The van der Waals surface area contributed by atoms with Gasteiger partial charge in [0, 0.05) is 25.3 Å². The van der Waals surface area contributed by atoms with E-state index in [1.54, 1.807) is 30.3 Å². The number of carbonyl (C=O) groups is 1. The van der Waals surface area contributed by atoms with Crippen LogP contribution in [-0.4, -0.2) is 25.1 Å². The van der Waals surface area contributed by atoms with Crippen molar-refractivity contribution in [3.8, 4) is 5.75 Å². The van der Waals surface area contributed by atoms with Crippen LogP contribution >= 0.6 is 0 Å². The summed E-state index contributed by atoms with van der Waals surface area (Å²) in [4.78, 5) is 14.0. The number of nitrogens with zero attached hydrogens (tertiary/aromatic N) is 1. The average molecular weight is 256 g/mol. The molecule has 0 aliphatic carbocycles. The number of hydrogen-bond donors (Lipinski definition) is 2. The van der Waals surface area contributed by atoms with E-state index in [9.17, 15) is 9.90 Å². The first-order valence-corrected chi connectivity index (χ1v) is 5.94. The van der Waals surface area contributed by atoms with Gasteiger partial charge in [-0.1, -0.05) is 12.1 Å². The summed E-state index contributed by atoms with van der Waals surface area (Å²) in [5, 5.41) is 12.3. The van der Waals surface area contributed by atoms with Crippen molar-refractivity contribution >= 4 is 17.3 Å². The Hall–Kier alpha value is -2.49. The third-order valence-corrected chi connectivity index (χ3v) is 2.80. The summed E-state index contributed by atoms with van der Waals surface area (Å²) in [5.41, 5.74) is 1.98. The number of nitrogens with one attached hydrogen (secondary N) is 1. The van der Waals surface area contributed by atoms with Crippen molar-refractivity contribution in [3.05, 3.63) is 54.1 Å². The van der Waals surface area contributed by atoms with Crippen LogP contribution in [0.2, 0.25) is 0 Å². The second-order valence-electron chi connectivity index (χ2n) is 4.41. The van der Waals surface area contributed by atoms with E-state index in [2.05, 4.69) is 5.32 Å². The van der Waals surface area contributed by atoms with Crippen LogP contribution in [0.3, 0.4) is 0 Å². The lowest BCUT2D eigenvalue weighted by Gasteiger charge is -2.12. The number of carbonyl (C=O) groups excluding carboxylic acids is 1. The van der Waals surface area contributed by atoms with Gasteiger partial charge in [0.2, 0.25) is 0 Å². The van der Waals surface area contributed by atoms with Crippen LogP contribution in [-0.2, 0) is 0 Å². The molecule has 0 unspecified atom stereocenters. The fourth-order valence-electron chi connectivity index (χ4n) is 1.68. The number of hydrogen-bond acceptors (Lipinski definition) is 3. The van der Waals surface area contributed by atoms with Crippen molar-refractivity contribution in [3.63, 3.8) is 0 Å². The van der Waals surface area contributed by atoms with E-state index >= 15 is 0 Å². The van der Waals surface area contributed by atoms with Crippen LogP contribution < -0.4 is 10.2 Å². The largest absolute Gasteiger partial charge is 0.506 e. The molecule has 2 N–H and O–H groups in total. The van der Waals surface area contributed by atoms with Gasteiger partial charge in [0.05, 0.1) is 5.69 Å². The molecule has 0 radical (unpaired) electrons. The van der Waals surface area contributed by atoms with Crippen LogP contribution in [0.25, 0.3) is 0 Å². The summed E-state index contributed by atoms with van der Waals surface area (Å²) in [6.07, 6.45) is 0. The molecule has 0 spiro atoms. The second-order valence-corrected chi connectivity index (χ2v) is 4.41. The monoisotopic (exact) mass is 256 g/mol. The third kappa shape index (κ3) is 3.04. The SMILES string of the molecule is CN(C)c1ccc(C(=O)Nc2ccccc2O)cc1. The molecule has 0 aliphatic rings. The molecule has 4 heteroatoms. The number of para-hydroxylation sites is 2. The first-order valence-electron chi connectivity index (χ1n) is 5.94. The van der Waals surface area contributed by atoms with Gasteiger partial charge in [-0.2, -0.15) is 0 Å². The Morgan fingerprint density at radius 2 is 1.68 bits per heavy atom. The molecule has 0 saturated heterocycles. The summed E-state index contributed by atoms with van der Waals surface area (Å²) < 4.78 is 0. The van der Waals surface area contributed by atoms with Crippen LogP contribution in [0.15, 0.2) is 48.5 Å². The topological polar surface area (TPSA) is 52.6 Å². The molecule has 0 atom stereocenters. The summed E-state index contributed by atoms with van der Waals surface area (Å²) in [6, 6.07) is 13.9. The zero-order chi connectivity index (χ0) is 13.8. The third-order valence-electron chi connectivity index (χ3n) is 2.80. The molecule has 2 aromatic rings. The number of benzene rings is 2. The van der Waals surface area contributed by atoms with E-state index in [1.165, 1.54) is 6.07 Å². The van der Waals surface area contributed by atoms with Gasteiger partial charge in [0.15, 0.2) is 0 Å². The lowest BCUT2D eigenvalue weighted by molar-refractivity contribution is 0.102. The lowest BCUT2D eigenvalue weighted by atomic mass is 10.2. The molecule has 19 heavy (non-hydrogen) atoms. The number of aromatic hydroxyl groups is 1. The fourth-order valence-corrected chi connectivity index (χ4v) is 1.68. The highest BCUT2D eigenvalue weighted by atomic mass is 16.3. The molecule has 2 rings (SSSR count). The molecule has 0 saturated carbocycles. The minimum atomic E-state index is -0.244. The highest BCUT2D eigenvalue weighted by molar-refractivity contribution is 6.05. The number of phenols is 1. The number of anilines is 2. The summed E-state index contributed by atoms with van der Waals surface area (Å²) in [5.74, 6) is -0.187. The molecule has 0 aliphatic heterocycles. The maximum Gasteiger partial charge on any atom is 0.255 e. The van der Waals surface area contributed by atoms with Crippen LogP contribution in [0, 0.1) is 0 Å². The van der Waals surface area contributed by atoms with E-state index in [-0.39, 0.29) is 11.7 Å². The number of rotatable bonds is 3. The highest BCUT2D eigenvalue weighted by Crippen LogP contribution is 2.22. The van der Waals surface area contributed by atoms with Gasteiger partial charge in [0.1, 0.15) is 5.75 Å². The molecule has 0 heterocycles. The molecule has 2 aromatic carbocycles. The molecule has 0 bridgehead atoms. The average Bonchev–Trinajstić information content (AvgIpc) is 2.41. The fraction of sp³-hybridized carbons (Fsp3) is 0.133. The lowest BCUT2D eigenvalue weighted by Crippen LogP contribution is -2.13. The molecule has 0 aromatic heterocycles.